The van der Waals surface area contributed by atoms with Gasteiger partial charge < -0.3 is 14.6 Å². The molecule has 4 rings (SSSR count). The maximum absolute atomic E-state index is 12.4. The number of hydrogen-bond acceptors (Lipinski definition) is 5. The van der Waals surface area contributed by atoms with Gasteiger partial charge in [-0.1, -0.05) is 17.8 Å². The van der Waals surface area contributed by atoms with Gasteiger partial charge in [-0.2, -0.15) is 0 Å². The van der Waals surface area contributed by atoms with Crippen molar-refractivity contribution in [3.05, 3.63) is 45.7 Å². The lowest BCUT2D eigenvalue weighted by Gasteiger charge is -2.16. The average molecular weight is 355 g/mol. The predicted octanol–water partition coefficient (Wildman–Crippen LogP) is 3.28. The maximum atomic E-state index is 12.4. The Morgan fingerprint density at radius 1 is 1.36 bits per heavy atom. The normalized spacial score (nSPS) is 16.2. The SMILES string of the molecule is Cc1cc(C)c2c(CC(=O)NCC3=CSC4=NCCN34)coc2c1C. The number of nitrogens with one attached hydrogen (secondary N) is 1. The van der Waals surface area contributed by atoms with E-state index in [0.29, 0.717) is 13.0 Å². The summed E-state index contributed by atoms with van der Waals surface area (Å²) in [6.07, 6.45) is 2.05. The summed E-state index contributed by atoms with van der Waals surface area (Å²) in [7, 11) is 0. The fourth-order valence-corrected chi connectivity index (χ4v) is 4.41. The maximum Gasteiger partial charge on any atom is 0.224 e. The zero-order valence-electron chi connectivity index (χ0n) is 14.7. The second-order valence-electron chi connectivity index (χ2n) is 6.60. The van der Waals surface area contributed by atoms with E-state index in [-0.39, 0.29) is 5.91 Å². The van der Waals surface area contributed by atoms with Crippen LogP contribution in [-0.4, -0.2) is 35.6 Å². The molecule has 5 nitrogen and oxygen atoms in total. The molecule has 0 saturated heterocycles. The molecule has 1 N–H and O–H groups in total. The zero-order valence-corrected chi connectivity index (χ0v) is 15.5. The third-order valence-electron chi connectivity index (χ3n) is 4.89. The van der Waals surface area contributed by atoms with Gasteiger partial charge in [-0.25, -0.2) is 0 Å². The van der Waals surface area contributed by atoms with Crippen LogP contribution >= 0.6 is 11.8 Å². The number of fused-ring (bicyclic) bond motifs is 2. The Labute approximate surface area is 151 Å². The van der Waals surface area contributed by atoms with Crippen molar-refractivity contribution in [2.24, 2.45) is 4.99 Å². The number of aliphatic imine (C=N–C) groups is 1. The van der Waals surface area contributed by atoms with Crippen molar-refractivity contribution in [2.45, 2.75) is 27.2 Å². The quantitative estimate of drug-likeness (QED) is 0.914. The molecule has 0 unspecified atom stereocenters. The van der Waals surface area contributed by atoms with Crippen molar-refractivity contribution in [1.29, 1.82) is 0 Å². The zero-order chi connectivity index (χ0) is 17.6. The summed E-state index contributed by atoms with van der Waals surface area (Å²) >= 11 is 1.63. The summed E-state index contributed by atoms with van der Waals surface area (Å²) in [6.45, 7) is 8.50. The molecular weight excluding hydrogens is 334 g/mol. The van der Waals surface area contributed by atoms with Gasteiger partial charge in [-0.05, 0) is 37.5 Å². The number of hydrogen-bond donors (Lipinski definition) is 1. The van der Waals surface area contributed by atoms with Gasteiger partial charge in [0.1, 0.15) is 5.58 Å². The summed E-state index contributed by atoms with van der Waals surface area (Å²) < 4.78 is 5.76. The van der Waals surface area contributed by atoms with Crippen LogP contribution in [-0.2, 0) is 11.2 Å². The number of carbonyl (C=O) groups is 1. The largest absolute Gasteiger partial charge is 0.464 e. The molecule has 25 heavy (non-hydrogen) atoms. The number of aryl methyl sites for hydroxylation is 3. The van der Waals surface area contributed by atoms with E-state index < -0.39 is 0 Å². The molecule has 0 spiro atoms. The van der Waals surface area contributed by atoms with Gasteiger partial charge in [0.05, 0.1) is 25.8 Å². The number of benzene rings is 1. The van der Waals surface area contributed by atoms with Gasteiger partial charge in [-0.3, -0.25) is 9.79 Å². The Hall–Kier alpha value is -2.21. The Kier molecular flexibility index (Phi) is 4.07. The monoisotopic (exact) mass is 355 g/mol. The van der Waals surface area contributed by atoms with Gasteiger partial charge in [0.25, 0.3) is 0 Å². The first-order valence-electron chi connectivity index (χ1n) is 8.46. The summed E-state index contributed by atoms with van der Waals surface area (Å²) in [4.78, 5) is 19.0. The van der Waals surface area contributed by atoms with E-state index in [2.05, 4.69) is 47.5 Å². The fourth-order valence-electron chi connectivity index (χ4n) is 3.46. The summed E-state index contributed by atoms with van der Waals surface area (Å²) in [5, 5.41) is 7.22. The van der Waals surface area contributed by atoms with E-state index in [1.165, 1.54) is 5.56 Å². The Morgan fingerprint density at radius 3 is 3.04 bits per heavy atom. The second-order valence-corrected chi connectivity index (χ2v) is 7.43. The van der Waals surface area contributed by atoms with Gasteiger partial charge in [0.2, 0.25) is 5.91 Å². The molecule has 2 aromatic rings. The lowest BCUT2D eigenvalue weighted by Crippen LogP contribution is -2.32. The molecule has 2 aliphatic rings. The third-order valence-corrected chi connectivity index (χ3v) is 5.84. The number of thioether (sulfide) groups is 1. The standard InChI is InChI=1S/C19H21N3O2S/c1-11-6-12(2)17-14(9-24-18(17)13(11)3)7-16(23)21-8-15-10-25-19-20-4-5-22(15)19/h6,9-10H,4-5,7-8H2,1-3H3,(H,21,23). The van der Waals surface area contributed by atoms with Crippen LogP contribution in [0.4, 0.5) is 0 Å². The topological polar surface area (TPSA) is 57.8 Å². The van der Waals surface area contributed by atoms with Crippen molar-refractivity contribution in [3.8, 4) is 0 Å². The van der Waals surface area contributed by atoms with Crippen LogP contribution in [0, 0.1) is 20.8 Å². The Morgan fingerprint density at radius 2 is 2.20 bits per heavy atom. The highest BCUT2D eigenvalue weighted by atomic mass is 32.2. The Balaban J connectivity index is 1.46. The fraction of sp³-hybridized carbons (Fsp3) is 0.368. The van der Waals surface area contributed by atoms with E-state index in [9.17, 15) is 4.79 Å². The average Bonchev–Trinajstić information content (AvgIpc) is 3.27. The number of furan rings is 1. The van der Waals surface area contributed by atoms with Gasteiger partial charge in [-0.15, -0.1) is 0 Å². The molecule has 0 bridgehead atoms. The van der Waals surface area contributed by atoms with Gasteiger partial charge >= 0.3 is 0 Å². The predicted molar refractivity (Wildman–Crippen MR) is 102 cm³/mol. The van der Waals surface area contributed by atoms with Crippen molar-refractivity contribution in [1.82, 2.24) is 10.2 Å². The first-order valence-corrected chi connectivity index (χ1v) is 9.34. The molecule has 0 radical (unpaired) electrons. The minimum atomic E-state index is 0.0100. The van der Waals surface area contributed by atoms with Crippen LogP contribution in [0.25, 0.3) is 11.0 Å². The third kappa shape index (κ3) is 2.84. The molecule has 1 amide bonds. The van der Waals surface area contributed by atoms with Crippen LogP contribution in [0.5, 0.6) is 0 Å². The van der Waals surface area contributed by atoms with E-state index in [0.717, 1.165) is 51.6 Å². The smallest absolute Gasteiger partial charge is 0.224 e. The molecule has 2 aliphatic heterocycles. The highest BCUT2D eigenvalue weighted by molar-refractivity contribution is 8.16. The lowest BCUT2D eigenvalue weighted by molar-refractivity contribution is -0.120. The first kappa shape index (κ1) is 16.3. The first-order chi connectivity index (χ1) is 12.0. The minimum Gasteiger partial charge on any atom is -0.464 e. The molecular formula is C19H21N3O2S. The molecule has 1 aromatic heterocycles. The van der Waals surface area contributed by atoms with E-state index >= 15 is 0 Å². The summed E-state index contributed by atoms with van der Waals surface area (Å²) in [5.41, 5.74) is 6.47. The van der Waals surface area contributed by atoms with E-state index in [4.69, 9.17) is 4.42 Å². The van der Waals surface area contributed by atoms with Crippen LogP contribution in [0.3, 0.4) is 0 Å². The molecule has 0 saturated carbocycles. The van der Waals surface area contributed by atoms with E-state index in [1.807, 2.05) is 0 Å². The lowest BCUT2D eigenvalue weighted by atomic mass is 9.99. The molecule has 130 valence electrons. The van der Waals surface area contributed by atoms with Gasteiger partial charge in [0, 0.05) is 28.6 Å². The Bertz CT molecular complexity index is 926. The minimum absolute atomic E-state index is 0.0100. The molecule has 0 fully saturated rings. The number of carbonyl (C=O) groups excluding carboxylic acids is 1. The van der Waals surface area contributed by atoms with Crippen LogP contribution in [0.1, 0.15) is 22.3 Å². The van der Waals surface area contributed by atoms with Crippen molar-refractivity contribution < 1.29 is 9.21 Å². The number of rotatable bonds is 4. The van der Waals surface area contributed by atoms with Crippen LogP contribution in [0.2, 0.25) is 0 Å². The van der Waals surface area contributed by atoms with E-state index in [1.54, 1.807) is 18.0 Å². The van der Waals surface area contributed by atoms with Crippen molar-refractivity contribution in [2.75, 3.05) is 19.6 Å². The van der Waals surface area contributed by atoms with Crippen LogP contribution in [0.15, 0.2) is 32.8 Å². The molecule has 6 heteroatoms. The number of nitrogens with zero attached hydrogens (tertiary/aromatic N) is 2. The number of amides is 1. The highest BCUT2D eigenvalue weighted by Gasteiger charge is 2.26. The van der Waals surface area contributed by atoms with Crippen molar-refractivity contribution >= 4 is 33.8 Å². The molecule has 0 aliphatic carbocycles. The molecule has 3 heterocycles. The highest BCUT2D eigenvalue weighted by Crippen LogP contribution is 2.30. The summed E-state index contributed by atoms with van der Waals surface area (Å²) in [5.74, 6) is 0.0100. The number of amidine groups is 1. The van der Waals surface area contributed by atoms with Crippen molar-refractivity contribution in [3.63, 3.8) is 0 Å². The molecule has 0 atom stereocenters. The summed E-state index contributed by atoms with van der Waals surface area (Å²) in [6, 6.07) is 2.16. The van der Waals surface area contributed by atoms with Crippen LogP contribution < -0.4 is 5.32 Å². The second kappa shape index (κ2) is 6.26. The molecule has 1 aromatic carbocycles. The van der Waals surface area contributed by atoms with Gasteiger partial charge in [0.15, 0.2) is 5.17 Å².